The van der Waals surface area contributed by atoms with Crippen molar-refractivity contribution in [3.05, 3.63) is 39.8 Å². The first-order valence-corrected chi connectivity index (χ1v) is 8.01. The number of aromatic nitrogens is 3. The highest BCUT2D eigenvalue weighted by Crippen LogP contribution is 2.34. The Balaban J connectivity index is 2.08. The molecule has 3 aromatic rings. The molecule has 0 aromatic carbocycles. The van der Waals surface area contributed by atoms with Gasteiger partial charge in [0, 0.05) is 11.1 Å². The summed E-state index contributed by atoms with van der Waals surface area (Å²) >= 11 is 2.18. The molecule has 0 aliphatic carbocycles. The Labute approximate surface area is 136 Å². The maximum absolute atomic E-state index is 12.7. The molecule has 0 aliphatic heterocycles. The topological polar surface area (TPSA) is 62.5 Å². The second-order valence-corrected chi connectivity index (χ2v) is 6.30. The summed E-state index contributed by atoms with van der Waals surface area (Å²) in [6, 6.07) is 5.42. The van der Waals surface area contributed by atoms with E-state index in [1.54, 1.807) is 24.4 Å². The van der Waals surface area contributed by atoms with Gasteiger partial charge in [-0.1, -0.05) is 0 Å². The van der Waals surface area contributed by atoms with Crippen molar-refractivity contribution in [2.45, 2.75) is 13.1 Å². The van der Waals surface area contributed by atoms with Crippen LogP contribution >= 0.6 is 22.7 Å². The smallest absolute Gasteiger partial charge is 0.231 e. The molecule has 9 heteroatoms. The van der Waals surface area contributed by atoms with Gasteiger partial charge in [0.1, 0.15) is 6.07 Å². The molecular weight excluding hydrogens is 345 g/mol. The van der Waals surface area contributed by atoms with Gasteiger partial charge in [-0.25, -0.2) is 15.0 Å². The molecule has 0 bridgehead atoms. The van der Waals surface area contributed by atoms with Crippen LogP contribution in [0.2, 0.25) is 0 Å². The summed E-state index contributed by atoms with van der Waals surface area (Å²) in [5, 5.41) is 11.9. The Morgan fingerprint density at radius 3 is 2.61 bits per heavy atom. The summed E-state index contributed by atoms with van der Waals surface area (Å²) in [6.07, 6.45) is -4.50. The summed E-state index contributed by atoms with van der Waals surface area (Å²) in [6.45, 7) is 1.71. The van der Waals surface area contributed by atoms with Crippen LogP contribution in [0.25, 0.3) is 21.4 Å². The number of halogens is 3. The first-order chi connectivity index (χ1) is 10.9. The van der Waals surface area contributed by atoms with Crippen LogP contribution in [0.5, 0.6) is 0 Å². The third-order valence-corrected chi connectivity index (χ3v) is 4.63. The molecule has 0 N–H and O–H groups in total. The largest absolute Gasteiger partial charge is 0.434 e. The van der Waals surface area contributed by atoms with E-state index in [2.05, 4.69) is 21.0 Å². The average molecular weight is 352 g/mol. The van der Waals surface area contributed by atoms with Crippen LogP contribution in [-0.2, 0) is 6.18 Å². The normalized spacial score (nSPS) is 11.4. The van der Waals surface area contributed by atoms with Gasteiger partial charge >= 0.3 is 6.18 Å². The maximum atomic E-state index is 12.7. The summed E-state index contributed by atoms with van der Waals surface area (Å²) in [5.74, 6) is 0.123. The molecule has 116 valence electrons. The van der Waals surface area contributed by atoms with Crippen LogP contribution in [0.3, 0.4) is 0 Å². The number of thiophene rings is 1. The van der Waals surface area contributed by atoms with Crippen molar-refractivity contribution in [2.24, 2.45) is 0 Å². The highest BCUT2D eigenvalue weighted by molar-refractivity contribution is 7.14. The second kappa shape index (κ2) is 5.72. The summed E-state index contributed by atoms with van der Waals surface area (Å²) in [5.41, 5.74) is 0.598. The van der Waals surface area contributed by atoms with Crippen molar-refractivity contribution in [1.82, 2.24) is 15.0 Å². The predicted molar refractivity (Wildman–Crippen MR) is 80.9 cm³/mol. The highest BCUT2D eigenvalue weighted by atomic mass is 32.1. The molecule has 0 unspecified atom stereocenters. The van der Waals surface area contributed by atoms with Crippen LogP contribution in [-0.4, -0.2) is 15.0 Å². The fourth-order valence-electron chi connectivity index (χ4n) is 1.88. The molecule has 0 fully saturated rings. The Morgan fingerprint density at radius 1 is 1.17 bits per heavy atom. The van der Waals surface area contributed by atoms with Crippen LogP contribution in [0, 0.1) is 18.3 Å². The number of aryl methyl sites for hydroxylation is 1. The standard InChI is InChI=1S/C14H7F3N4S2/c1-7-4-9(11-8(5-18)2-3-22-11)20-12(19-7)13-21-10(6-23-13)14(15,16)17/h2-4,6H,1H3. The first-order valence-electron chi connectivity index (χ1n) is 6.25. The molecule has 0 saturated heterocycles. The van der Waals surface area contributed by atoms with Gasteiger partial charge in [0.25, 0.3) is 0 Å². The fourth-order valence-corrected chi connectivity index (χ4v) is 3.45. The van der Waals surface area contributed by atoms with Crippen LogP contribution < -0.4 is 0 Å². The van der Waals surface area contributed by atoms with E-state index in [-0.39, 0.29) is 10.8 Å². The van der Waals surface area contributed by atoms with Gasteiger partial charge < -0.3 is 0 Å². The van der Waals surface area contributed by atoms with E-state index in [0.717, 1.165) is 16.7 Å². The lowest BCUT2D eigenvalue weighted by molar-refractivity contribution is -0.140. The molecule has 4 nitrogen and oxygen atoms in total. The number of rotatable bonds is 2. The molecule has 0 atom stereocenters. The zero-order valence-electron chi connectivity index (χ0n) is 11.5. The van der Waals surface area contributed by atoms with Gasteiger partial charge in [0.2, 0.25) is 0 Å². The number of hydrogen-bond donors (Lipinski definition) is 0. The molecule has 0 aliphatic rings. The van der Waals surface area contributed by atoms with E-state index in [0.29, 0.717) is 21.8 Å². The predicted octanol–water partition coefficient (Wildman–Crippen LogP) is 4.53. The number of hydrogen-bond acceptors (Lipinski definition) is 6. The summed E-state index contributed by atoms with van der Waals surface area (Å²) in [4.78, 5) is 12.7. The molecule has 23 heavy (non-hydrogen) atoms. The SMILES string of the molecule is Cc1cc(-c2sccc2C#N)nc(-c2nc(C(F)(F)F)cs2)n1. The Bertz CT molecular complexity index is 905. The third kappa shape index (κ3) is 3.09. The minimum Gasteiger partial charge on any atom is -0.231 e. The van der Waals surface area contributed by atoms with E-state index in [4.69, 9.17) is 5.26 Å². The molecular formula is C14H7F3N4S2. The molecule has 0 spiro atoms. The molecule has 3 rings (SSSR count). The number of alkyl halides is 3. The number of nitrogens with zero attached hydrogens (tertiary/aromatic N) is 4. The Morgan fingerprint density at radius 2 is 1.96 bits per heavy atom. The number of thiazole rings is 1. The lowest BCUT2D eigenvalue weighted by Crippen LogP contribution is -2.05. The molecule has 3 aromatic heterocycles. The monoisotopic (exact) mass is 352 g/mol. The molecule has 0 saturated carbocycles. The quantitative estimate of drug-likeness (QED) is 0.680. The van der Waals surface area contributed by atoms with Crippen molar-refractivity contribution in [3.8, 4) is 27.5 Å². The Hall–Kier alpha value is -2.31. The molecule has 0 amide bonds. The van der Waals surface area contributed by atoms with Gasteiger partial charge in [-0.2, -0.15) is 18.4 Å². The zero-order valence-corrected chi connectivity index (χ0v) is 13.2. The fraction of sp³-hybridized carbons (Fsp3) is 0.143. The Kier molecular flexibility index (Phi) is 3.87. The van der Waals surface area contributed by atoms with Crippen molar-refractivity contribution in [1.29, 1.82) is 5.26 Å². The van der Waals surface area contributed by atoms with Gasteiger partial charge in [0.05, 0.1) is 16.1 Å². The van der Waals surface area contributed by atoms with Gasteiger partial charge in [-0.05, 0) is 24.4 Å². The molecule has 0 radical (unpaired) electrons. The van der Waals surface area contributed by atoms with E-state index in [1.807, 2.05) is 0 Å². The first kappa shape index (κ1) is 15.6. The van der Waals surface area contributed by atoms with E-state index >= 15 is 0 Å². The second-order valence-electron chi connectivity index (χ2n) is 4.53. The van der Waals surface area contributed by atoms with Crippen molar-refractivity contribution in [2.75, 3.05) is 0 Å². The van der Waals surface area contributed by atoms with Crippen LogP contribution in [0.15, 0.2) is 22.9 Å². The van der Waals surface area contributed by atoms with Crippen molar-refractivity contribution in [3.63, 3.8) is 0 Å². The summed E-state index contributed by atoms with van der Waals surface area (Å²) < 4.78 is 38.0. The van der Waals surface area contributed by atoms with E-state index in [1.165, 1.54) is 11.3 Å². The maximum Gasteiger partial charge on any atom is 0.434 e. The van der Waals surface area contributed by atoms with E-state index < -0.39 is 11.9 Å². The van der Waals surface area contributed by atoms with E-state index in [9.17, 15) is 13.2 Å². The molecule has 3 heterocycles. The van der Waals surface area contributed by atoms with Crippen LogP contribution in [0.4, 0.5) is 13.2 Å². The highest BCUT2D eigenvalue weighted by Gasteiger charge is 2.34. The third-order valence-electron chi connectivity index (χ3n) is 2.86. The summed E-state index contributed by atoms with van der Waals surface area (Å²) in [7, 11) is 0. The number of nitriles is 1. The minimum atomic E-state index is -4.50. The lowest BCUT2D eigenvalue weighted by Gasteiger charge is -2.03. The lowest BCUT2D eigenvalue weighted by atomic mass is 10.2. The van der Waals surface area contributed by atoms with Crippen LogP contribution in [0.1, 0.15) is 17.0 Å². The minimum absolute atomic E-state index is 0.0948. The van der Waals surface area contributed by atoms with Gasteiger partial charge in [-0.15, -0.1) is 22.7 Å². The van der Waals surface area contributed by atoms with Gasteiger partial charge in [-0.3, -0.25) is 0 Å². The van der Waals surface area contributed by atoms with Crippen molar-refractivity contribution >= 4 is 22.7 Å². The van der Waals surface area contributed by atoms with Gasteiger partial charge in [0.15, 0.2) is 16.5 Å². The zero-order chi connectivity index (χ0) is 16.6. The average Bonchev–Trinajstić information content (AvgIpc) is 3.15. The van der Waals surface area contributed by atoms with Crippen molar-refractivity contribution < 1.29 is 13.2 Å².